The minimum atomic E-state index is -0.413. The standard InChI is InChI=1S/C20H25FN2O2/c1-23(14-5-6-16-9-11-17(25-2)12-10-16)15-13-20(24)22-19-8-4-3-7-18(19)21/h3-4,7-12H,5-6,13-15H2,1-2H3,(H,22,24). The Morgan fingerprint density at radius 1 is 1.12 bits per heavy atom. The quantitative estimate of drug-likeness (QED) is 0.754. The van der Waals surface area contributed by atoms with Gasteiger partial charge in [-0.1, -0.05) is 24.3 Å². The van der Waals surface area contributed by atoms with Crippen LogP contribution in [-0.4, -0.2) is 38.1 Å². The van der Waals surface area contributed by atoms with Crippen LogP contribution in [0.15, 0.2) is 48.5 Å². The lowest BCUT2D eigenvalue weighted by atomic mass is 10.1. The van der Waals surface area contributed by atoms with E-state index in [1.165, 1.54) is 11.6 Å². The summed E-state index contributed by atoms with van der Waals surface area (Å²) in [4.78, 5) is 14.0. The third-order valence-electron chi connectivity index (χ3n) is 4.03. The molecule has 1 amide bonds. The summed E-state index contributed by atoms with van der Waals surface area (Å²) in [6.07, 6.45) is 2.33. The summed E-state index contributed by atoms with van der Waals surface area (Å²) in [5.41, 5.74) is 1.50. The zero-order chi connectivity index (χ0) is 18.1. The SMILES string of the molecule is COc1ccc(CCCN(C)CCC(=O)Nc2ccccc2F)cc1. The normalized spacial score (nSPS) is 10.7. The highest BCUT2D eigenvalue weighted by Crippen LogP contribution is 2.13. The molecule has 1 N–H and O–H groups in total. The molecule has 2 rings (SSSR count). The predicted molar refractivity (Wildman–Crippen MR) is 98.5 cm³/mol. The molecule has 0 heterocycles. The first-order chi connectivity index (χ1) is 12.1. The summed E-state index contributed by atoms with van der Waals surface area (Å²) in [5, 5.41) is 2.61. The second-order valence-electron chi connectivity index (χ2n) is 6.03. The molecule has 0 aliphatic heterocycles. The number of hydrogen-bond acceptors (Lipinski definition) is 3. The van der Waals surface area contributed by atoms with E-state index in [1.807, 2.05) is 19.2 Å². The van der Waals surface area contributed by atoms with Gasteiger partial charge in [0.25, 0.3) is 0 Å². The van der Waals surface area contributed by atoms with Crippen LogP contribution in [0.5, 0.6) is 5.75 Å². The van der Waals surface area contributed by atoms with Crippen molar-refractivity contribution in [1.82, 2.24) is 4.90 Å². The molecule has 0 aliphatic carbocycles. The summed E-state index contributed by atoms with van der Waals surface area (Å²) in [6.45, 7) is 1.54. The van der Waals surface area contributed by atoms with Crippen molar-refractivity contribution in [2.24, 2.45) is 0 Å². The average Bonchev–Trinajstić information content (AvgIpc) is 2.62. The number of nitrogens with zero attached hydrogens (tertiary/aromatic N) is 1. The second-order valence-corrected chi connectivity index (χ2v) is 6.03. The van der Waals surface area contributed by atoms with Gasteiger partial charge in [0.05, 0.1) is 12.8 Å². The molecule has 0 bridgehead atoms. The number of halogens is 1. The van der Waals surface area contributed by atoms with Gasteiger partial charge in [0.2, 0.25) is 5.91 Å². The Hall–Kier alpha value is -2.40. The Balaban J connectivity index is 1.65. The molecule has 0 saturated carbocycles. The first kappa shape index (κ1) is 18.9. The molecule has 25 heavy (non-hydrogen) atoms. The maximum Gasteiger partial charge on any atom is 0.225 e. The third-order valence-corrected chi connectivity index (χ3v) is 4.03. The van der Waals surface area contributed by atoms with E-state index in [-0.39, 0.29) is 11.6 Å². The number of amides is 1. The van der Waals surface area contributed by atoms with Crippen LogP contribution in [0, 0.1) is 5.82 Å². The Kier molecular flexibility index (Phi) is 7.41. The second kappa shape index (κ2) is 9.79. The van der Waals surface area contributed by atoms with Crippen molar-refractivity contribution in [3.63, 3.8) is 0 Å². The maximum atomic E-state index is 13.5. The van der Waals surface area contributed by atoms with Crippen LogP contribution in [0.4, 0.5) is 10.1 Å². The van der Waals surface area contributed by atoms with Crippen molar-refractivity contribution in [1.29, 1.82) is 0 Å². The van der Waals surface area contributed by atoms with Crippen LogP contribution in [0.3, 0.4) is 0 Å². The summed E-state index contributed by atoms with van der Waals surface area (Å²) >= 11 is 0. The highest BCUT2D eigenvalue weighted by atomic mass is 19.1. The fourth-order valence-electron chi connectivity index (χ4n) is 2.52. The van der Waals surface area contributed by atoms with Crippen LogP contribution in [0.2, 0.25) is 0 Å². The van der Waals surface area contributed by atoms with E-state index in [9.17, 15) is 9.18 Å². The monoisotopic (exact) mass is 344 g/mol. The molecule has 0 unspecified atom stereocenters. The van der Waals surface area contributed by atoms with Crippen LogP contribution in [0.25, 0.3) is 0 Å². The smallest absolute Gasteiger partial charge is 0.225 e. The highest BCUT2D eigenvalue weighted by molar-refractivity contribution is 5.90. The van der Waals surface area contributed by atoms with E-state index in [0.29, 0.717) is 13.0 Å². The number of carbonyl (C=O) groups is 1. The van der Waals surface area contributed by atoms with Crippen molar-refractivity contribution in [3.05, 3.63) is 59.9 Å². The van der Waals surface area contributed by atoms with Crippen molar-refractivity contribution in [3.8, 4) is 5.75 Å². The van der Waals surface area contributed by atoms with Gasteiger partial charge in [-0.3, -0.25) is 4.79 Å². The summed E-state index contributed by atoms with van der Waals surface area (Å²) < 4.78 is 18.6. The van der Waals surface area contributed by atoms with Crippen LogP contribution in [-0.2, 0) is 11.2 Å². The van der Waals surface area contributed by atoms with Gasteiger partial charge in [-0.05, 0) is 56.3 Å². The molecule has 0 radical (unpaired) electrons. The number of nitrogens with one attached hydrogen (secondary N) is 1. The Morgan fingerprint density at radius 2 is 1.84 bits per heavy atom. The summed E-state index contributed by atoms with van der Waals surface area (Å²) in [7, 11) is 3.65. The fourth-order valence-corrected chi connectivity index (χ4v) is 2.52. The molecule has 2 aromatic rings. The summed E-state index contributed by atoms with van der Waals surface area (Å²) in [5.74, 6) is 0.275. The van der Waals surface area contributed by atoms with Gasteiger partial charge < -0.3 is 15.0 Å². The lowest BCUT2D eigenvalue weighted by molar-refractivity contribution is -0.116. The van der Waals surface area contributed by atoms with E-state index in [1.54, 1.807) is 25.3 Å². The van der Waals surface area contributed by atoms with Gasteiger partial charge in [-0.25, -0.2) is 4.39 Å². The summed E-state index contributed by atoms with van der Waals surface area (Å²) in [6, 6.07) is 14.3. The molecular weight excluding hydrogens is 319 g/mol. The van der Waals surface area contributed by atoms with Gasteiger partial charge in [-0.15, -0.1) is 0 Å². The first-order valence-corrected chi connectivity index (χ1v) is 8.44. The van der Waals surface area contributed by atoms with E-state index in [2.05, 4.69) is 22.3 Å². The van der Waals surface area contributed by atoms with E-state index < -0.39 is 5.82 Å². The molecule has 0 spiro atoms. The Morgan fingerprint density at radius 3 is 2.52 bits per heavy atom. The number of benzene rings is 2. The molecule has 2 aromatic carbocycles. The number of anilines is 1. The fraction of sp³-hybridized carbons (Fsp3) is 0.350. The lowest BCUT2D eigenvalue weighted by Crippen LogP contribution is -2.25. The molecule has 0 saturated heterocycles. The molecule has 0 aromatic heterocycles. The number of hydrogen-bond donors (Lipinski definition) is 1. The molecule has 0 atom stereocenters. The van der Waals surface area contributed by atoms with Gasteiger partial charge in [-0.2, -0.15) is 0 Å². The van der Waals surface area contributed by atoms with Gasteiger partial charge in [0.1, 0.15) is 11.6 Å². The minimum Gasteiger partial charge on any atom is -0.497 e. The number of para-hydroxylation sites is 1. The Bertz CT molecular complexity index is 674. The zero-order valence-corrected chi connectivity index (χ0v) is 14.8. The molecule has 134 valence electrons. The van der Waals surface area contributed by atoms with Crippen molar-refractivity contribution < 1.29 is 13.9 Å². The van der Waals surface area contributed by atoms with E-state index >= 15 is 0 Å². The highest BCUT2D eigenvalue weighted by Gasteiger charge is 2.08. The molecule has 4 nitrogen and oxygen atoms in total. The molecular formula is C20H25FN2O2. The molecule has 0 aliphatic rings. The topological polar surface area (TPSA) is 41.6 Å². The largest absolute Gasteiger partial charge is 0.497 e. The van der Waals surface area contributed by atoms with Gasteiger partial charge in [0, 0.05) is 13.0 Å². The number of methoxy groups -OCH3 is 1. The minimum absolute atomic E-state index is 0.174. The molecule has 0 fully saturated rings. The van der Waals surface area contributed by atoms with E-state index in [4.69, 9.17) is 4.74 Å². The van der Waals surface area contributed by atoms with Crippen molar-refractivity contribution in [2.75, 3.05) is 32.6 Å². The van der Waals surface area contributed by atoms with Crippen molar-refractivity contribution in [2.45, 2.75) is 19.3 Å². The lowest BCUT2D eigenvalue weighted by Gasteiger charge is -2.16. The number of carbonyl (C=O) groups excluding carboxylic acids is 1. The number of rotatable bonds is 9. The van der Waals surface area contributed by atoms with Gasteiger partial charge >= 0.3 is 0 Å². The van der Waals surface area contributed by atoms with Crippen LogP contribution >= 0.6 is 0 Å². The van der Waals surface area contributed by atoms with Gasteiger partial charge in [0.15, 0.2) is 0 Å². The zero-order valence-electron chi connectivity index (χ0n) is 14.8. The number of ether oxygens (including phenoxy) is 1. The number of aryl methyl sites for hydroxylation is 1. The Labute approximate surface area is 148 Å². The average molecular weight is 344 g/mol. The van der Waals surface area contributed by atoms with E-state index in [0.717, 1.165) is 25.1 Å². The maximum absolute atomic E-state index is 13.5. The predicted octanol–water partition coefficient (Wildman–Crippen LogP) is 3.73. The van der Waals surface area contributed by atoms with Crippen LogP contribution in [0.1, 0.15) is 18.4 Å². The van der Waals surface area contributed by atoms with Crippen LogP contribution < -0.4 is 10.1 Å². The third kappa shape index (κ3) is 6.55. The van der Waals surface area contributed by atoms with Crippen molar-refractivity contribution >= 4 is 11.6 Å². The molecule has 5 heteroatoms. The first-order valence-electron chi connectivity index (χ1n) is 8.44.